The van der Waals surface area contributed by atoms with Crippen LogP contribution in [0.3, 0.4) is 0 Å². The number of aromatic nitrogens is 9. The minimum absolute atomic E-state index is 0.176. The minimum atomic E-state index is -5.37. The molecule has 3 aliphatic rings. The third-order valence-electron chi connectivity index (χ3n) is 8.10. The van der Waals surface area contributed by atoms with Gasteiger partial charge in [0.15, 0.2) is 11.2 Å². The van der Waals surface area contributed by atoms with Gasteiger partial charge in [0.1, 0.15) is 6.33 Å². The number of nitrogen functional groups attached to an aromatic ring is 1. The summed E-state index contributed by atoms with van der Waals surface area (Å²) in [6, 6.07) is 0. The zero-order valence-electron chi connectivity index (χ0n) is 25.4. The van der Waals surface area contributed by atoms with E-state index >= 15 is 0 Å². The fourth-order valence-corrected chi connectivity index (χ4v) is 9.06. The van der Waals surface area contributed by atoms with Crippen molar-refractivity contribution in [2.45, 2.75) is 53.3 Å². The van der Waals surface area contributed by atoms with Crippen molar-refractivity contribution in [3.05, 3.63) is 41.7 Å². The van der Waals surface area contributed by atoms with Crippen molar-refractivity contribution in [2.24, 2.45) is 0 Å². The van der Waals surface area contributed by atoms with E-state index in [2.05, 4.69) is 29.9 Å². The number of phosphoric acid groups is 2. The Morgan fingerprint density at radius 2 is 1.56 bits per heavy atom. The van der Waals surface area contributed by atoms with Gasteiger partial charge in [0.25, 0.3) is 0 Å². The number of nitrogens with one attached hydrogen (secondary N) is 1. The molecule has 5 aromatic rings. The fourth-order valence-electron chi connectivity index (χ4n) is 5.97. The van der Waals surface area contributed by atoms with Crippen molar-refractivity contribution in [1.82, 2.24) is 43.4 Å². The summed E-state index contributed by atoms with van der Waals surface area (Å²) in [5.41, 5.74) is 5.19. The van der Waals surface area contributed by atoms with Gasteiger partial charge in [-0.25, -0.2) is 15.0 Å². The van der Waals surface area contributed by atoms with Crippen LogP contribution in [0.15, 0.2) is 36.2 Å². The molecule has 8 rings (SSSR count). The van der Waals surface area contributed by atoms with Crippen LogP contribution < -0.4 is 32.9 Å². The van der Waals surface area contributed by atoms with Crippen LogP contribution in [0, 0.1) is 0 Å². The molecule has 3 aliphatic heterocycles. The summed E-state index contributed by atoms with van der Waals surface area (Å²) in [7, 11) is -10.6. The number of hydrogen-bond donors (Lipinski definition) is 5. The van der Waals surface area contributed by atoms with Gasteiger partial charge in [-0.1, -0.05) is 0 Å². The summed E-state index contributed by atoms with van der Waals surface area (Å²) in [4.78, 5) is 57.0. The Kier molecular flexibility index (Phi) is 8.95. The van der Waals surface area contributed by atoms with Gasteiger partial charge < -0.3 is 0 Å². The van der Waals surface area contributed by atoms with E-state index < -0.39 is 109 Å². The monoisotopic (exact) mass is 893 g/mol. The Labute approximate surface area is 295 Å². The first-order valence-corrected chi connectivity index (χ1v) is 19.6. The van der Waals surface area contributed by atoms with E-state index in [4.69, 9.17) is 36.4 Å². The number of H-pyrrole nitrogens is 1. The van der Waals surface area contributed by atoms with Crippen LogP contribution in [-0.2, 0) is 39.8 Å². The Morgan fingerprint density at radius 1 is 0.904 bits per heavy atom. The number of alkyl halides is 4. The number of aliphatic hydroxyl groups excluding tert-OH is 1. The predicted molar refractivity (Wildman–Crippen MR) is 155 cm³/mol. The number of anilines is 1. The maximum absolute atomic E-state index is 13.5. The van der Waals surface area contributed by atoms with Crippen LogP contribution in [0.2, 0.25) is 0 Å². The molecule has 0 amide bonds. The molecule has 23 nitrogen and oxygen atoms in total. The number of rotatable bonds is 4. The van der Waals surface area contributed by atoms with E-state index in [-0.39, 0.29) is 22.8 Å². The molecule has 0 saturated carbocycles. The van der Waals surface area contributed by atoms with E-state index in [0.29, 0.717) is 11.2 Å². The molecule has 29 heteroatoms. The molecule has 0 radical (unpaired) electrons. The number of phosphoric ester groups is 2. The van der Waals surface area contributed by atoms with Gasteiger partial charge in [-0.3, -0.25) is 4.40 Å². The van der Waals surface area contributed by atoms with E-state index in [1.54, 1.807) is 10.6 Å². The van der Waals surface area contributed by atoms with Gasteiger partial charge in [-0.05, 0) is 0 Å². The number of ether oxygens (including phenoxy) is 2. The number of nitrogens with zero attached hydrogens (tertiary/aromatic N) is 8. The number of aliphatic hydroxyl groups is 1. The van der Waals surface area contributed by atoms with Crippen LogP contribution in [0.25, 0.3) is 28.0 Å². The number of fused-ring (bicyclic) bond motifs is 7. The van der Waals surface area contributed by atoms with Crippen molar-refractivity contribution >= 4 is 49.6 Å². The number of halogens is 4. The number of nitrogens with two attached hydrogens (primary N) is 1. The topological polar surface area (TPSA) is 297 Å². The second-order valence-electron chi connectivity index (χ2n) is 11.4. The quantitative estimate of drug-likeness (QED) is 0.0677. The third-order valence-corrected chi connectivity index (χ3v) is 11.4. The molecule has 52 heavy (non-hydrogen) atoms. The Balaban J connectivity index is 1.14. The Hall–Kier alpha value is -3.18. The van der Waals surface area contributed by atoms with E-state index in [1.165, 1.54) is 23.4 Å². The average molecular weight is 893 g/mol. The molecule has 0 aromatic carbocycles. The molecule has 8 heterocycles. The third kappa shape index (κ3) is 6.62. The molecule has 2 bridgehead atoms. The first kappa shape index (κ1) is 35.8. The van der Waals surface area contributed by atoms with E-state index in [0.717, 1.165) is 10.9 Å². The Bertz CT molecular complexity index is 2320. The standard InChI is InChI=1S/C23H23F3IN10O13P2/c24-23(25,26)27-48-14-9-4-45-51(40,41)49-13-8(46-20(12(13)38)36-6-30-10-16-29-1-2-35(16)5-32-17(10)36)3-44-52(42,43)50-15(14)21(47-9)37-7-31-11-18(37)33-22(28)34-19(11)39/h1-2,5-9,12-15,20-21,38H,3-4H2,(H,40,41)(H,42,43)(H3,28,33,34,39)/q-1/t8-,9-,12?,13?,14?,15?,20-,21-/m1/s1. The van der Waals surface area contributed by atoms with Crippen molar-refractivity contribution in [1.29, 1.82) is 0 Å². The molecule has 6 N–H and O–H groups in total. The molecule has 282 valence electrons. The SMILES string of the molecule is Nc1nc2c(ncn2[C@@H]2O[C@@H]3COP(=O)(O)OC4C(O)[C@H](n5cnc6c5ncn5ccnc65)O[C@@H]4COP(=O)(O)OC2C3O[I-]C(F)(F)F)c(=O)[nH]1. The maximum atomic E-state index is 13.5. The predicted octanol–water partition coefficient (Wildman–Crippen LogP) is -3.12. The molecule has 0 spiro atoms. The van der Waals surface area contributed by atoms with Crippen LogP contribution >= 0.6 is 15.6 Å². The fraction of sp³-hybridized carbons (Fsp3) is 0.478. The first-order chi connectivity index (χ1) is 24.6. The molecular formula is C23H23F3IN10O13P2-. The summed E-state index contributed by atoms with van der Waals surface area (Å²) >= 11 is -3.13. The van der Waals surface area contributed by atoms with Gasteiger partial charge in [0.05, 0.1) is 0 Å². The molecule has 5 aromatic heterocycles. The number of aromatic amines is 1. The zero-order chi connectivity index (χ0) is 36.7. The summed E-state index contributed by atoms with van der Waals surface area (Å²) in [6.45, 7) is -1.98. The normalized spacial score (nSPS) is 34.8. The van der Waals surface area contributed by atoms with Gasteiger partial charge in [-0.15, -0.1) is 0 Å². The van der Waals surface area contributed by atoms with Crippen LogP contribution in [0.4, 0.5) is 19.1 Å². The molecule has 10 atom stereocenters. The van der Waals surface area contributed by atoms with Crippen molar-refractivity contribution < 1.29 is 89.4 Å². The molecule has 3 fully saturated rings. The number of imidazole rings is 3. The van der Waals surface area contributed by atoms with E-state index in [9.17, 15) is 42.0 Å². The van der Waals surface area contributed by atoms with E-state index in [1.807, 2.05) is 0 Å². The zero-order valence-corrected chi connectivity index (χ0v) is 29.4. The van der Waals surface area contributed by atoms with Crippen LogP contribution in [-0.4, -0.2) is 112 Å². The molecular weight excluding hydrogens is 870 g/mol. The van der Waals surface area contributed by atoms with Gasteiger partial charge in [-0.2, -0.15) is 0 Å². The molecule has 6 unspecified atom stereocenters. The second kappa shape index (κ2) is 13.0. The summed E-state index contributed by atoms with van der Waals surface area (Å²) in [5, 5.41) is 11.3. The number of hydrogen-bond acceptors (Lipinski definition) is 17. The van der Waals surface area contributed by atoms with Crippen molar-refractivity contribution in [3.63, 3.8) is 0 Å². The van der Waals surface area contributed by atoms with Gasteiger partial charge in [0.2, 0.25) is 0 Å². The molecule has 0 aliphatic carbocycles. The van der Waals surface area contributed by atoms with Gasteiger partial charge in [0, 0.05) is 12.4 Å². The average Bonchev–Trinajstić information content (AvgIpc) is 3.88. The van der Waals surface area contributed by atoms with Crippen LogP contribution in [0.5, 0.6) is 0 Å². The Morgan fingerprint density at radius 3 is 2.29 bits per heavy atom. The summed E-state index contributed by atoms with van der Waals surface area (Å²) in [5.74, 6) is -0.386. The van der Waals surface area contributed by atoms with Gasteiger partial charge >= 0.3 is 247 Å². The van der Waals surface area contributed by atoms with Crippen LogP contribution in [0.1, 0.15) is 12.5 Å². The second-order valence-corrected chi connectivity index (χ2v) is 16.3. The summed E-state index contributed by atoms with van der Waals surface area (Å²) < 4.78 is 104. The summed E-state index contributed by atoms with van der Waals surface area (Å²) in [6.07, 6.45) is -7.13. The van der Waals surface area contributed by atoms with Crippen molar-refractivity contribution in [2.75, 3.05) is 18.9 Å². The first-order valence-electron chi connectivity index (χ1n) is 14.6. The molecule has 3 saturated heterocycles. The van der Waals surface area contributed by atoms with Crippen molar-refractivity contribution in [3.8, 4) is 0 Å².